The van der Waals surface area contributed by atoms with E-state index < -0.39 is 0 Å². The first kappa shape index (κ1) is 25.0. The minimum atomic E-state index is 0.571. The summed E-state index contributed by atoms with van der Waals surface area (Å²) in [6, 6.07) is 50.1. The van der Waals surface area contributed by atoms with Crippen molar-refractivity contribution >= 4 is 65.3 Å². The fourth-order valence-electron chi connectivity index (χ4n) is 7.06. The van der Waals surface area contributed by atoms with Gasteiger partial charge in [-0.2, -0.15) is 9.97 Å². The molecule has 10 rings (SSSR count). The number of hydrogen-bond acceptors (Lipinski definition) is 4. The summed E-state index contributed by atoms with van der Waals surface area (Å²) in [7, 11) is 0. The highest BCUT2D eigenvalue weighted by Crippen LogP contribution is 2.46. The van der Waals surface area contributed by atoms with E-state index in [0.717, 1.165) is 60.3 Å². The third-order valence-corrected chi connectivity index (χ3v) is 9.04. The molecule has 7 aromatic carbocycles. The zero-order valence-corrected chi connectivity index (χ0v) is 24.6. The maximum absolute atomic E-state index is 6.75. The van der Waals surface area contributed by atoms with E-state index in [4.69, 9.17) is 19.4 Å². The molecule has 3 aromatic heterocycles. The van der Waals surface area contributed by atoms with Crippen molar-refractivity contribution in [2.24, 2.45) is 0 Å². The minimum Gasteiger partial charge on any atom is -0.455 e. The Morgan fingerprint density at radius 2 is 0.935 bits per heavy atom. The number of furan rings is 1. The number of rotatable bonds is 3. The van der Waals surface area contributed by atoms with Gasteiger partial charge in [-0.15, -0.1) is 0 Å². The minimum absolute atomic E-state index is 0.571. The molecule has 5 heteroatoms. The van der Waals surface area contributed by atoms with Crippen LogP contribution in [0.4, 0.5) is 0 Å². The molecule has 0 saturated heterocycles. The van der Waals surface area contributed by atoms with Crippen LogP contribution in [-0.4, -0.2) is 19.5 Å². The molecule has 0 unspecified atom stereocenters. The van der Waals surface area contributed by atoms with Gasteiger partial charge in [0.1, 0.15) is 11.2 Å². The Balaban J connectivity index is 1.37. The first-order chi connectivity index (χ1) is 22.8. The Labute approximate surface area is 263 Å². The molecule has 5 nitrogen and oxygen atoms in total. The van der Waals surface area contributed by atoms with Crippen LogP contribution in [0.5, 0.6) is 0 Å². The maximum atomic E-state index is 6.75. The molecule has 0 saturated carbocycles. The van der Waals surface area contributed by atoms with E-state index in [9.17, 15) is 0 Å². The van der Waals surface area contributed by atoms with Crippen LogP contribution in [-0.2, 0) is 0 Å². The van der Waals surface area contributed by atoms with Gasteiger partial charge >= 0.3 is 0 Å². The molecule has 46 heavy (non-hydrogen) atoms. The Kier molecular flexibility index (Phi) is 5.22. The average molecular weight is 589 g/mol. The number of para-hydroxylation sites is 1. The lowest BCUT2D eigenvalue weighted by Gasteiger charge is -2.10. The monoisotopic (exact) mass is 588 g/mol. The van der Waals surface area contributed by atoms with Gasteiger partial charge < -0.3 is 4.42 Å². The van der Waals surface area contributed by atoms with Gasteiger partial charge in [0.2, 0.25) is 5.95 Å². The van der Waals surface area contributed by atoms with Crippen molar-refractivity contribution in [3.63, 3.8) is 0 Å². The smallest absolute Gasteiger partial charge is 0.238 e. The molecule has 0 bridgehead atoms. The molecule has 0 aliphatic rings. The van der Waals surface area contributed by atoms with E-state index in [0.29, 0.717) is 17.6 Å². The molecule has 0 spiro atoms. The van der Waals surface area contributed by atoms with Crippen molar-refractivity contribution in [2.45, 2.75) is 0 Å². The fraction of sp³-hybridized carbons (Fsp3) is 0. The van der Waals surface area contributed by atoms with E-state index in [1.807, 2.05) is 60.7 Å². The molecular formula is C41H24N4O. The number of nitrogens with zero attached hydrogens (tertiary/aromatic N) is 4. The van der Waals surface area contributed by atoms with Crippen LogP contribution >= 0.6 is 0 Å². The first-order valence-corrected chi connectivity index (χ1v) is 15.4. The van der Waals surface area contributed by atoms with Gasteiger partial charge in [0.15, 0.2) is 11.6 Å². The third-order valence-electron chi connectivity index (χ3n) is 9.04. The lowest BCUT2D eigenvalue weighted by Crippen LogP contribution is -2.06. The Hall–Kier alpha value is -6.33. The van der Waals surface area contributed by atoms with E-state index in [2.05, 4.69) is 89.5 Å². The van der Waals surface area contributed by atoms with Crippen molar-refractivity contribution in [1.29, 1.82) is 0 Å². The molecule has 214 valence electrons. The SMILES string of the molecule is c1ccc(-c2nc(-c3ccccc3)nc(-n3c4ccccc4c4c5c(ccc43)oc3c4ccccc4c4ccccc4c35)n2)cc1. The van der Waals surface area contributed by atoms with E-state index in [-0.39, 0.29) is 0 Å². The standard InChI is InChI=1S/C41H24N4O/c1-3-13-25(14-4-1)39-42-40(26-15-5-2-6-16-26)44-41(43-39)45-32-22-12-11-21-31(32)35-33(45)23-24-34-37(35)36-29-19-9-7-17-27(29)28-18-8-10-20-30(28)38(36)46-34/h1-24H. The van der Waals surface area contributed by atoms with Crippen LogP contribution < -0.4 is 0 Å². The zero-order valence-electron chi connectivity index (χ0n) is 24.6. The highest BCUT2D eigenvalue weighted by atomic mass is 16.3. The van der Waals surface area contributed by atoms with Gasteiger partial charge in [0.05, 0.1) is 11.0 Å². The summed E-state index contributed by atoms with van der Waals surface area (Å²) in [5.41, 5.74) is 5.67. The zero-order chi connectivity index (χ0) is 30.2. The van der Waals surface area contributed by atoms with Gasteiger partial charge in [0, 0.05) is 38.1 Å². The van der Waals surface area contributed by atoms with E-state index in [1.54, 1.807) is 0 Å². The molecule has 0 aliphatic heterocycles. The molecule has 0 radical (unpaired) electrons. The Morgan fingerprint density at radius 1 is 0.391 bits per heavy atom. The summed E-state index contributed by atoms with van der Waals surface area (Å²) in [5, 5.41) is 9.16. The second kappa shape index (κ2) is 9.58. The summed E-state index contributed by atoms with van der Waals surface area (Å²) in [6.45, 7) is 0. The summed E-state index contributed by atoms with van der Waals surface area (Å²) in [6.07, 6.45) is 0. The summed E-state index contributed by atoms with van der Waals surface area (Å²) in [5.74, 6) is 1.83. The highest BCUT2D eigenvalue weighted by molar-refractivity contribution is 6.36. The summed E-state index contributed by atoms with van der Waals surface area (Å²) < 4.78 is 8.92. The average Bonchev–Trinajstić information content (AvgIpc) is 3.69. The summed E-state index contributed by atoms with van der Waals surface area (Å²) >= 11 is 0. The van der Waals surface area contributed by atoms with Crippen molar-refractivity contribution < 1.29 is 4.42 Å². The largest absolute Gasteiger partial charge is 0.455 e. The van der Waals surface area contributed by atoms with Gasteiger partial charge in [-0.25, -0.2) is 4.98 Å². The van der Waals surface area contributed by atoms with Crippen molar-refractivity contribution in [1.82, 2.24) is 19.5 Å². The Morgan fingerprint density at radius 3 is 1.61 bits per heavy atom. The molecule has 0 fully saturated rings. The molecule has 0 aliphatic carbocycles. The van der Waals surface area contributed by atoms with Crippen LogP contribution in [0.3, 0.4) is 0 Å². The molecule has 3 heterocycles. The predicted octanol–water partition coefficient (Wildman–Crippen LogP) is 10.5. The quantitative estimate of drug-likeness (QED) is 0.193. The van der Waals surface area contributed by atoms with Crippen LogP contribution in [0.1, 0.15) is 0 Å². The molecule has 0 amide bonds. The number of aromatic nitrogens is 4. The van der Waals surface area contributed by atoms with Gasteiger partial charge in [-0.3, -0.25) is 4.57 Å². The third kappa shape index (κ3) is 3.54. The lowest BCUT2D eigenvalue weighted by molar-refractivity contribution is 0.673. The molecular weight excluding hydrogens is 564 g/mol. The first-order valence-electron chi connectivity index (χ1n) is 15.4. The van der Waals surface area contributed by atoms with Crippen LogP contribution in [0.25, 0.3) is 94.0 Å². The van der Waals surface area contributed by atoms with Crippen molar-refractivity contribution in [2.75, 3.05) is 0 Å². The van der Waals surface area contributed by atoms with Crippen molar-refractivity contribution in [3.8, 4) is 28.7 Å². The summed E-state index contributed by atoms with van der Waals surface area (Å²) in [4.78, 5) is 15.2. The maximum Gasteiger partial charge on any atom is 0.238 e. The van der Waals surface area contributed by atoms with E-state index in [1.165, 1.54) is 16.2 Å². The lowest BCUT2D eigenvalue weighted by atomic mass is 9.95. The number of benzene rings is 7. The highest BCUT2D eigenvalue weighted by Gasteiger charge is 2.23. The van der Waals surface area contributed by atoms with Gasteiger partial charge in [0.25, 0.3) is 0 Å². The number of fused-ring (bicyclic) bond motifs is 12. The van der Waals surface area contributed by atoms with Crippen LogP contribution in [0, 0.1) is 0 Å². The molecule has 0 atom stereocenters. The second-order valence-electron chi connectivity index (χ2n) is 11.6. The van der Waals surface area contributed by atoms with Crippen LogP contribution in [0.15, 0.2) is 150 Å². The molecule has 0 N–H and O–H groups in total. The number of hydrogen-bond donors (Lipinski definition) is 0. The molecule has 10 aromatic rings. The second-order valence-corrected chi connectivity index (χ2v) is 11.6. The van der Waals surface area contributed by atoms with Crippen LogP contribution in [0.2, 0.25) is 0 Å². The fourth-order valence-corrected chi connectivity index (χ4v) is 7.06. The van der Waals surface area contributed by atoms with Crippen molar-refractivity contribution in [3.05, 3.63) is 146 Å². The van der Waals surface area contributed by atoms with Gasteiger partial charge in [-0.1, -0.05) is 127 Å². The van der Waals surface area contributed by atoms with Gasteiger partial charge in [-0.05, 0) is 34.4 Å². The Bertz CT molecular complexity index is 2740. The normalized spacial score (nSPS) is 11.9. The predicted molar refractivity (Wildman–Crippen MR) is 187 cm³/mol. The van der Waals surface area contributed by atoms with E-state index >= 15 is 0 Å². The topological polar surface area (TPSA) is 56.7 Å².